The Kier molecular flexibility index (Phi) is 6.76. The molecule has 4 heteroatoms. The predicted molar refractivity (Wildman–Crippen MR) is 68.4 cm³/mol. The van der Waals surface area contributed by atoms with Gasteiger partial charge in [-0.1, -0.05) is 0 Å². The Hall–Kier alpha value is -0.320. The van der Waals surface area contributed by atoms with Crippen LogP contribution in [0.1, 0.15) is 32.4 Å². The normalized spacial score (nSPS) is 11.2. The summed E-state index contributed by atoms with van der Waals surface area (Å²) in [6, 6.07) is 1.91. The first-order valence-corrected chi connectivity index (χ1v) is 6.53. The minimum atomic E-state index is 0.340. The lowest BCUT2D eigenvalue weighted by Gasteiger charge is -2.07. The number of ether oxygens (including phenoxy) is 1. The van der Waals surface area contributed by atoms with Crippen molar-refractivity contribution in [3.05, 3.63) is 22.6 Å². The Morgan fingerprint density at radius 2 is 2.25 bits per heavy atom. The van der Waals surface area contributed by atoms with Crippen molar-refractivity contribution in [1.29, 1.82) is 0 Å². The number of hydrogen-bond acceptors (Lipinski definition) is 3. The van der Waals surface area contributed by atoms with E-state index in [4.69, 9.17) is 9.15 Å². The monoisotopic (exact) mass is 289 g/mol. The first-order chi connectivity index (χ1) is 7.70. The van der Waals surface area contributed by atoms with Gasteiger partial charge in [0.1, 0.15) is 5.76 Å². The molecule has 0 saturated carbocycles. The maximum absolute atomic E-state index is 5.46. The molecule has 1 aromatic heterocycles. The predicted octanol–water partition coefficient (Wildman–Crippen LogP) is 3.34. The zero-order valence-electron chi connectivity index (χ0n) is 9.96. The van der Waals surface area contributed by atoms with E-state index in [1.807, 2.05) is 6.07 Å². The van der Waals surface area contributed by atoms with Gasteiger partial charge < -0.3 is 14.5 Å². The molecule has 1 heterocycles. The summed E-state index contributed by atoms with van der Waals surface area (Å²) in [5.74, 6) is 0.957. The fraction of sp³-hybridized carbons (Fsp3) is 0.667. The SMILES string of the molecule is CC(C)OCCCCNCc1occc1Br. The molecule has 1 N–H and O–H groups in total. The molecule has 1 aromatic rings. The smallest absolute Gasteiger partial charge is 0.131 e. The van der Waals surface area contributed by atoms with Crippen molar-refractivity contribution in [3.63, 3.8) is 0 Å². The van der Waals surface area contributed by atoms with Crippen LogP contribution in [0.2, 0.25) is 0 Å². The van der Waals surface area contributed by atoms with Gasteiger partial charge in [0.25, 0.3) is 0 Å². The Morgan fingerprint density at radius 3 is 2.88 bits per heavy atom. The highest BCUT2D eigenvalue weighted by molar-refractivity contribution is 9.10. The number of hydrogen-bond donors (Lipinski definition) is 1. The van der Waals surface area contributed by atoms with Crippen molar-refractivity contribution in [2.45, 2.75) is 39.3 Å². The molecule has 16 heavy (non-hydrogen) atoms. The van der Waals surface area contributed by atoms with Crippen LogP contribution in [0.15, 0.2) is 21.2 Å². The molecule has 0 aliphatic heterocycles. The van der Waals surface area contributed by atoms with Crippen LogP contribution >= 0.6 is 15.9 Å². The fourth-order valence-corrected chi connectivity index (χ4v) is 1.67. The van der Waals surface area contributed by atoms with Crippen molar-refractivity contribution in [1.82, 2.24) is 5.32 Å². The molecule has 0 bridgehead atoms. The molecule has 0 radical (unpaired) electrons. The minimum absolute atomic E-state index is 0.340. The number of nitrogens with one attached hydrogen (secondary N) is 1. The van der Waals surface area contributed by atoms with Crippen molar-refractivity contribution in [3.8, 4) is 0 Å². The number of furan rings is 1. The topological polar surface area (TPSA) is 34.4 Å². The zero-order chi connectivity index (χ0) is 11.8. The van der Waals surface area contributed by atoms with Gasteiger partial charge in [-0.3, -0.25) is 0 Å². The van der Waals surface area contributed by atoms with Gasteiger partial charge in [-0.2, -0.15) is 0 Å². The van der Waals surface area contributed by atoms with Crippen molar-refractivity contribution in [2.24, 2.45) is 0 Å². The van der Waals surface area contributed by atoms with Crippen LogP contribution in [0.3, 0.4) is 0 Å². The average Bonchev–Trinajstić information content (AvgIpc) is 2.62. The highest BCUT2D eigenvalue weighted by Gasteiger charge is 2.01. The summed E-state index contributed by atoms with van der Waals surface area (Å²) in [6.45, 7) is 6.75. The summed E-state index contributed by atoms with van der Waals surface area (Å²) in [6.07, 6.45) is 4.26. The van der Waals surface area contributed by atoms with Gasteiger partial charge in [0.2, 0.25) is 0 Å². The molecular weight excluding hydrogens is 270 g/mol. The van der Waals surface area contributed by atoms with E-state index in [2.05, 4.69) is 35.1 Å². The molecule has 0 unspecified atom stereocenters. The van der Waals surface area contributed by atoms with Gasteiger partial charge in [0.15, 0.2) is 0 Å². The van der Waals surface area contributed by atoms with Gasteiger partial charge >= 0.3 is 0 Å². The highest BCUT2D eigenvalue weighted by Crippen LogP contribution is 2.16. The molecule has 1 rings (SSSR count). The molecule has 0 saturated heterocycles. The van der Waals surface area contributed by atoms with E-state index < -0.39 is 0 Å². The Balaban J connectivity index is 1.94. The number of halogens is 1. The third-order valence-corrected chi connectivity index (χ3v) is 2.88. The second-order valence-electron chi connectivity index (χ2n) is 4.00. The van der Waals surface area contributed by atoms with E-state index in [9.17, 15) is 0 Å². The molecule has 3 nitrogen and oxygen atoms in total. The molecule has 0 aliphatic rings. The van der Waals surface area contributed by atoms with E-state index in [1.165, 1.54) is 0 Å². The van der Waals surface area contributed by atoms with Gasteiger partial charge in [0, 0.05) is 6.61 Å². The lowest BCUT2D eigenvalue weighted by Crippen LogP contribution is -2.15. The van der Waals surface area contributed by atoms with Gasteiger partial charge in [0.05, 0.1) is 23.4 Å². The molecule has 0 amide bonds. The highest BCUT2D eigenvalue weighted by atomic mass is 79.9. The van der Waals surface area contributed by atoms with Gasteiger partial charge in [-0.05, 0) is 55.2 Å². The van der Waals surface area contributed by atoms with Crippen molar-refractivity contribution < 1.29 is 9.15 Å². The van der Waals surface area contributed by atoms with Gasteiger partial charge in [-0.15, -0.1) is 0 Å². The third kappa shape index (κ3) is 5.68. The fourth-order valence-electron chi connectivity index (χ4n) is 1.32. The maximum Gasteiger partial charge on any atom is 0.131 e. The standard InChI is InChI=1S/C12H20BrNO2/c1-10(2)15-7-4-3-6-14-9-12-11(13)5-8-16-12/h5,8,10,14H,3-4,6-7,9H2,1-2H3. The largest absolute Gasteiger partial charge is 0.467 e. The quantitative estimate of drug-likeness (QED) is 0.746. The molecule has 0 aromatic carbocycles. The summed E-state index contributed by atoms with van der Waals surface area (Å²) in [5, 5.41) is 3.34. The Morgan fingerprint density at radius 1 is 1.44 bits per heavy atom. The van der Waals surface area contributed by atoms with Crippen LogP contribution in [-0.4, -0.2) is 19.3 Å². The Bertz CT molecular complexity index is 286. The number of rotatable bonds is 8. The van der Waals surface area contributed by atoms with Crippen LogP contribution in [0.25, 0.3) is 0 Å². The summed E-state index contributed by atoms with van der Waals surface area (Å²) >= 11 is 3.42. The van der Waals surface area contributed by atoms with Crippen molar-refractivity contribution in [2.75, 3.05) is 13.2 Å². The molecule has 0 aliphatic carbocycles. The summed E-state index contributed by atoms with van der Waals surface area (Å²) in [7, 11) is 0. The lowest BCUT2D eigenvalue weighted by atomic mass is 10.3. The molecular formula is C12H20BrNO2. The third-order valence-electron chi connectivity index (χ3n) is 2.18. The minimum Gasteiger partial charge on any atom is -0.467 e. The lowest BCUT2D eigenvalue weighted by molar-refractivity contribution is 0.0760. The summed E-state index contributed by atoms with van der Waals surface area (Å²) in [4.78, 5) is 0. The zero-order valence-corrected chi connectivity index (χ0v) is 11.5. The van der Waals surface area contributed by atoms with E-state index in [0.717, 1.165) is 42.8 Å². The van der Waals surface area contributed by atoms with Crippen molar-refractivity contribution >= 4 is 15.9 Å². The Labute approximate surface area is 106 Å². The summed E-state index contributed by atoms with van der Waals surface area (Å²) in [5.41, 5.74) is 0. The molecule has 0 fully saturated rings. The van der Waals surface area contributed by atoms with Crippen LogP contribution in [0.5, 0.6) is 0 Å². The first-order valence-electron chi connectivity index (χ1n) is 5.74. The van der Waals surface area contributed by atoms with Crippen LogP contribution in [0.4, 0.5) is 0 Å². The second-order valence-corrected chi connectivity index (χ2v) is 4.85. The first kappa shape index (κ1) is 13.7. The van der Waals surface area contributed by atoms with E-state index in [0.29, 0.717) is 6.10 Å². The number of unbranched alkanes of at least 4 members (excludes halogenated alkanes) is 1. The maximum atomic E-state index is 5.46. The van der Waals surface area contributed by atoms with Crippen LogP contribution in [0, 0.1) is 0 Å². The van der Waals surface area contributed by atoms with E-state index in [1.54, 1.807) is 6.26 Å². The second kappa shape index (κ2) is 7.87. The summed E-state index contributed by atoms with van der Waals surface area (Å²) < 4.78 is 11.8. The van der Waals surface area contributed by atoms with Gasteiger partial charge in [-0.25, -0.2) is 0 Å². The van der Waals surface area contributed by atoms with E-state index >= 15 is 0 Å². The van der Waals surface area contributed by atoms with E-state index in [-0.39, 0.29) is 0 Å². The average molecular weight is 290 g/mol. The van der Waals surface area contributed by atoms with Crippen LogP contribution < -0.4 is 5.32 Å². The molecule has 92 valence electrons. The van der Waals surface area contributed by atoms with Crippen LogP contribution in [-0.2, 0) is 11.3 Å². The molecule has 0 spiro atoms. The molecule has 0 atom stereocenters.